The van der Waals surface area contributed by atoms with Crippen molar-refractivity contribution in [2.75, 3.05) is 0 Å². The van der Waals surface area contributed by atoms with Gasteiger partial charge in [-0.3, -0.25) is 9.59 Å². The summed E-state index contributed by atoms with van der Waals surface area (Å²) in [5, 5.41) is 13.6. The third kappa shape index (κ3) is 5.48. The molecule has 0 bridgehead atoms. The molecule has 2 aromatic heterocycles. The predicted molar refractivity (Wildman–Crippen MR) is 134 cm³/mol. The molecule has 0 spiro atoms. The van der Waals surface area contributed by atoms with Gasteiger partial charge >= 0.3 is 0 Å². The molecular formula is C24H25ClN6O2S. The van der Waals surface area contributed by atoms with E-state index < -0.39 is 0 Å². The Hall–Kier alpha value is -3.17. The van der Waals surface area contributed by atoms with Gasteiger partial charge in [0.1, 0.15) is 5.82 Å². The Labute approximate surface area is 206 Å². The van der Waals surface area contributed by atoms with Gasteiger partial charge in [-0.1, -0.05) is 49.3 Å². The van der Waals surface area contributed by atoms with Crippen LogP contribution < -0.4 is 10.9 Å². The van der Waals surface area contributed by atoms with E-state index >= 15 is 0 Å². The summed E-state index contributed by atoms with van der Waals surface area (Å²) in [5.41, 5.74) is 1.02. The minimum atomic E-state index is -0.311. The smallest absolute Gasteiger partial charge is 0.258 e. The molecular weight excluding hydrogens is 472 g/mol. The zero-order chi connectivity index (χ0) is 24.2. The number of rotatable bonds is 8. The number of hydrogen-bond acceptors (Lipinski definition) is 6. The molecule has 8 nitrogen and oxygen atoms in total. The van der Waals surface area contributed by atoms with Gasteiger partial charge in [0.25, 0.3) is 11.5 Å². The van der Waals surface area contributed by atoms with Crippen molar-refractivity contribution < 1.29 is 4.79 Å². The molecule has 4 aromatic rings. The fourth-order valence-corrected chi connectivity index (χ4v) is 4.55. The third-order valence-electron chi connectivity index (χ3n) is 5.30. The lowest BCUT2D eigenvalue weighted by atomic mass is 10.0. The number of thioether (sulfide) groups is 1. The van der Waals surface area contributed by atoms with Gasteiger partial charge in [-0.25, -0.2) is 4.98 Å². The zero-order valence-corrected chi connectivity index (χ0v) is 20.7. The molecule has 4 rings (SSSR count). The second-order valence-corrected chi connectivity index (χ2v) is 9.76. The molecule has 34 heavy (non-hydrogen) atoms. The topological polar surface area (TPSA) is 106 Å². The second kappa shape index (κ2) is 10.4. The molecule has 2 aromatic carbocycles. The van der Waals surface area contributed by atoms with Crippen molar-refractivity contribution in [3.05, 3.63) is 81.1 Å². The molecule has 2 heterocycles. The summed E-state index contributed by atoms with van der Waals surface area (Å²) in [5.74, 6) is 1.79. The molecule has 2 N–H and O–H groups in total. The summed E-state index contributed by atoms with van der Waals surface area (Å²) >= 11 is 7.36. The number of aromatic nitrogens is 5. The van der Waals surface area contributed by atoms with Crippen LogP contribution in [0.5, 0.6) is 0 Å². The maximum Gasteiger partial charge on any atom is 0.258 e. The largest absolute Gasteiger partial charge is 0.342 e. The van der Waals surface area contributed by atoms with Crippen LogP contribution in [0.1, 0.15) is 48.3 Å². The number of hydrogen-bond donors (Lipinski definition) is 2. The number of benzene rings is 2. The Morgan fingerprint density at radius 1 is 1.15 bits per heavy atom. The molecule has 0 fully saturated rings. The van der Waals surface area contributed by atoms with Crippen LogP contribution in [0.25, 0.3) is 10.9 Å². The average Bonchev–Trinajstić information content (AvgIpc) is 3.17. The number of para-hydroxylation sites is 1. The van der Waals surface area contributed by atoms with Crippen molar-refractivity contribution in [1.82, 2.24) is 30.0 Å². The summed E-state index contributed by atoms with van der Waals surface area (Å²) in [7, 11) is 1.87. The van der Waals surface area contributed by atoms with Crippen LogP contribution in [-0.4, -0.2) is 30.6 Å². The van der Waals surface area contributed by atoms with Gasteiger partial charge in [-0.15, -0.1) is 10.2 Å². The highest BCUT2D eigenvalue weighted by atomic mass is 35.5. The van der Waals surface area contributed by atoms with Crippen LogP contribution in [0.15, 0.2) is 58.5 Å². The van der Waals surface area contributed by atoms with Crippen LogP contribution >= 0.6 is 23.4 Å². The summed E-state index contributed by atoms with van der Waals surface area (Å²) in [6, 6.07) is 13.7. The third-order valence-corrected chi connectivity index (χ3v) is 6.58. The molecule has 176 valence electrons. The normalized spacial score (nSPS) is 12.3. The molecule has 0 aliphatic carbocycles. The molecule has 1 atom stereocenters. The SMILES string of the molecule is CC(C)CC(NC(=O)c1ccc(Cl)cc1)c1nnc(SCc2nc3ccccc3c(=O)[nH]2)n1C. The Morgan fingerprint density at radius 3 is 2.62 bits per heavy atom. The number of halogens is 1. The predicted octanol–water partition coefficient (Wildman–Crippen LogP) is 4.51. The lowest BCUT2D eigenvalue weighted by molar-refractivity contribution is 0.0929. The van der Waals surface area contributed by atoms with Gasteiger partial charge in [0.2, 0.25) is 0 Å². The van der Waals surface area contributed by atoms with E-state index in [1.165, 1.54) is 11.8 Å². The Bertz CT molecular complexity index is 1370. The number of carbonyl (C=O) groups is 1. The van der Waals surface area contributed by atoms with Gasteiger partial charge in [0, 0.05) is 17.6 Å². The van der Waals surface area contributed by atoms with Crippen molar-refractivity contribution in [1.29, 1.82) is 0 Å². The highest BCUT2D eigenvalue weighted by molar-refractivity contribution is 7.98. The van der Waals surface area contributed by atoms with Crippen molar-refractivity contribution in [3.8, 4) is 0 Å². The molecule has 1 amide bonds. The maximum absolute atomic E-state index is 12.8. The highest BCUT2D eigenvalue weighted by Gasteiger charge is 2.23. The molecule has 0 saturated heterocycles. The van der Waals surface area contributed by atoms with E-state index in [0.29, 0.717) is 56.4 Å². The van der Waals surface area contributed by atoms with Crippen LogP contribution in [0.2, 0.25) is 5.02 Å². The number of nitrogens with zero attached hydrogens (tertiary/aromatic N) is 4. The summed E-state index contributed by atoms with van der Waals surface area (Å²) in [4.78, 5) is 32.5. The Balaban J connectivity index is 1.52. The van der Waals surface area contributed by atoms with Crippen molar-refractivity contribution in [2.45, 2.75) is 37.2 Å². The molecule has 0 aliphatic rings. The van der Waals surface area contributed by atoms with Gasteiger partial charge in [0.05, 0.1) is 22.7 Å². The second-order valence-electron chi connectivity index (χ2n) is 8.38. The minimum Gasteiger partial charge on any atom is -0.342 e. The van der Waals surface area contributed by atoms with Gasteiger partial charge < -0.3 is 14.9 Å². The fourth-order valence-electron chi connectivity index (χ4n) is 3.63. The quantitative estimate of drug-likeness (QED) is 0.347. The van der Waals surface area contributed by atoms with E-state index in [1.54, 1.807) is 30.3 Å². The van der Waals surface area contributed by atoms with Gasteiger partial charge in [-0.2, -0.15) is 0 Å². The lowest BCUT2D eigenvalue weighted by Crippen LogP contribution is -2.31. The molecule has 0 saturated carbocycles. The van der Waals surface area contributed by atoms with Crippen LogP contribution in [0.3, 0.4) is 0 Å². The van der Waals surface area contributed by atoms with E-state index in [1.807, 2.05) is 29.8 Å². The van der Waals surface area contributed by atoms with Crippen molar-refractivity contribution in [3.63, 3.8) is 0 Å². The van der Waals surface area contributed by atoms with E-state index in [4.69, 9.17) is 11.6 Å². The highest BCUT2D eigenvalue weighted by Crippen LogP contribution is 2.25. The first-order chi connectivity index (χ1) is 16.3. The fraction of sp³-hybridized carbons (Fsp3) is 0.292. The number of amides is 1. The van der Waals surface area contributed by atoms with Crippen molar-refractivity contribution in [2.24, 2.45) is 13.0 Å². The summed E-state index contributed by atoms with van der Waals surface area (Å²) < 4.78 is 1.87. The van der Waals surface area contributed by atoms with Gasteiger partial charge in [-0.05, 0) is 48.7 Å². The van der Waals surface area contributed by atoms with Crippen molar-refractivity contribution >= 4 is 40.2 Å². The maximum atomic E-state index is 12.8. The van der Waals surface area contributed by atoms with E-state index in [9.17, 15) is 9.59 Å². The zero-order valence-electron chi connectivity index (χ0n) is 19.1. The summed E-state index contributed by atoms with van der Waals surface area (Å²) in [6.07, 6.45) is 0.704. The Morgan fingerprint density at radius 2 is 1.88 bits per heavy atom. The molecule has 0 aliphatic heterocycles. The lowest BCUT2D eigenvalue weighted by Gasteiger charge is -2.20. The first-order valence-corrected chi connectivity index (χ1v) is 12.2. The number of fused-ring (bicyclic) bond motifs is 1. The standard InChI is InChI=1S/C24H25ClN6O2S/c1-14(2)12-19(27-22(32)15-8-10-16(25)11-9-15)21-29-30-24(31(21)3)34-13-20-26-18-7-5-4-6-17(18)23(33)28-20/h4-11,14,19H,12-13H2,1-3H3,(H,27,32)(H,26,28,33). The van der Waals surface area contributed by atoms with E-state index in [2.05, 4.69) is 39.3 Å². The number of H-pyrrole nitrogens is 1. The summed E-state index contributed by atoms with van der Waals surface area (Å²) in [6.45, 7) is 4.18. The number of aromatic amines is 1. The van der Waals surface area contributed by atoms with E-state index in [0.717, 1.165) is 0 Å². The molecule has 0 radical (unpaired) electrons. The first kappa shape index (κ1) is 24.0. The first-order valence-electron chi connectivity index (χ1n) is 10.9. The molecule has 10 heteroatoms. The monoisotopic (exact) mass is 496 g/mol. The minimum absolute atomic E-state index is 0.165. The van der Waals surface area contributed by atoms with Crippen LogP contribution in [0, 0.1) is 5.92 Å². The van der Waals surface area contributed by atoms with Crippen LogP contribution in [0.4, 0.5) is 0 Å². The van der Waals surface area contributed by atoms with E-state index in [-0.39, 0.29) is 17.5 Å². The van der Waals surface area contributed by atoms with Gasteiger partial charge in [0.15, 0.2) is 11.0 Å². The Kier molecular flexibility index (Phi) is 7.33. The molecule has 1 unspecified atom stereocenters. The number of nitrogens with one attached hydrogen (secondary N) is 2. The van der Waals surface area contributed by atoms with Crippen LogP contribution in [-0.2, 0) is 12.8 Å². The average molecular weight is 497 g/mol. The number of carbonyl (C=O) groups excluding carboxylic acids is 1.